The first-order chi connectivity index (χ1) is 17.5. The van der Waals surface area contributed by atoms with Crippen molar-refractivity contribution in [3.8, 4) is 11.4 Å². The number of nitrogens with one attached hydrogen (secondary N) is 2. The molecule has 2 N–H and O–H groups in total. The van der Waals surface area contributed by atoms with E-state index in [2.05, 4.69) is 21.8 Å². The lowest BCUT2D eigenvalue weighted by Crippen LogP contribution is -2.39. The summed E-state index contributed by atoms with van der Waals surface area (Å²) in [5.41, 5.74) is 6.21. The number of methoxy groups -OCH3 is 1. The van der Waals surface area contributed by atoms with Crippen LogP contribution in [0.2, 0.25) is 0 Å². The minimum Gasteiger partial charge on any atom is -0.497 e. The van der Waals surface area contributed by atoms with Crippen LogP contribution in [0.25, 0.3) is 16.6 Å². The molecule has 6 rings (SSSR count). The maximum Gasteiger partial charge on any atom is 0.251 e. The van der Waals surface area contributed by atoms with Gasteiger partial charge in [-0.3, -0.25) is 14.6 Å². The van der Waals surface area contributed by atoms with Crippen LogP contribution in [0, 0.1) is 6.92 Å². The number of hydrogen-bond donors (Lipinski definition) is 2. The zero-order valence-electron chi connectivity index (χ0n) is 20.0. The van der Waals surface area contributed by atoms with Crippen LogP contribution in [0.15, 0.2) is 53.7 Å². The number of ether oxygens (including phenoxy) is 1. The molecule has 1 unspecified atom stereocenters. The van der Waals surface area contributed by atoms with Gasteiger partial charge in [0, 0.05) is 34.3 Å². The van der Waals surface area contributed by atoms with E-state index >= 15 is 0 Å². The van der Waals surface area contributed by atoms with E-state index in [0.717, 1.165) is 56.9 Å². The molecule has 1 aliphatic carbocycles. The van der Waals surface area contributed by atoms with E-state index in [1.165, 1.54) is 11.8 Å². The van der Waals surface area contributed by atoms with Crippen LogP contribution in [0.3, 0.4) is 0 Å². The van der Waals surface area contributed by atoms with Gasteiger partial charge in [0.05, 0.1) is 35.4 Å². The lowest BCUT2D eigenvalue weighted by Gasteiger charge is -2.24. The summed E-state index contributed by atoms with van der Waals surface area (Å²) < 4.78 is 7.32. The molecule has 1 atom stereocenters. The van der Waals surface area contributed by atoms with E-state index in [4.69, 9.17) is 9.84 Å². The number of benzene rings is 2. The number of carbonyl (C=O) groups is 2. The Morgan fingerprint density at radius 3 is 3.00 bits per heavy atom. The number of pyridine rings is 1. The topological polar surface area (TPSA) is 98.1 Å². The number of aromatic nitrogens is 3. The van der Waals surface area contributed by atoms with Gasteiger partial charge in [-0.1, -0.05) is 0 Å². The molecule has 0 bridgehead atoms. The summed E-state index contributed by atoms with van der Waals surface area (Å²) in [4.78, 5) is 30.4. The van der Waals surface area contributed by atoms with Crippen molar-refractivity contribution >= 4 is 40.2 Å². The Balaban J connectivity index is 1.23. The van der Waals surface area contributed by atoms with Gasteiger partial charge in [0.2, 0.25) is 5.91 Å². The number of hydrogen-bond acceptors (Lipinski definition) is 6. The molecular weight excluding hydrogens is 474 g/mol. The second kappa shape index (κ2) is 8.98. The van der Waals surface area contributed by atoms with Gasteiger partial charge in [-0.05, 0) is 73.7 Å². The standard InChI is InChI=1S/C27H25N5O3S/c1-15-9-25-23(30-26(33)14-36-25)12-19(15)27(34)29-17-3-5-21-16(10-17)13-32(31-21)24-7-8-28-22-6-4-18(35-2)11-20(22)24/h4,6-9,11-13,17H,3,5,10,14H2,1-2H3,(H,29,34)(H,30,33). The maximum atomic E-state index is 13.2. The molecule has 1 aliphatic heterocycles. The molecule has 8 nitrogen and oxygen atoms in total. The molecule has 2 aliphatic rings. The number of carbonyl (C=O) groups excluding carboxylic acids is 2. The van der Waals surface area contributed by atoms with Gasteiger partial charge in [0.25, 0.3) is 5.91 Å². The number of rotatable bonds is 4. The van der Waals surface area contributed by atoms with Crippen molar-refractivity contribution in [1.29, 1.82) is 0 Å². The van der Waals surface area contributed by atoms with E-state index in [0.29, 0.717) is 23.4 Å². The average molecular weight is 500 g/mol. The van der Waals surface area contributed by atoms with Crippen molar-refractivity contribution in [3.05, 3.63) is 71.2 Å². The molecule has 0 radical (unpaired) electrons. The van der Waals surface area contributed by atoms with Gasteiger partial charge in [0.15, 0.2) is 0 Å². The highest BCUT2D eigenvalue weighted by Gasteiger charge is 2.26. The Hall–Kier alpha value is -3.85. The Morgan fingerprint density at radius 2 is 2.14 bits per heavy atom. The Bertz CT molecular complexity index is 1530. The van der Waals surface area contributed by atoms with Crippen molar-refractivity contribution in [2.45, 2.75) is 37.1 Å². The van der Waals surface area contributed by atoms with Gasteiger partial charge in [0.1, 0.15) is 5.75 Å². The second-order valence-electron chi connectivity index (χ2n) is 9.17. The highest BCUT2D eigenvalue weighted by molar-refractivity contribution is 8.00. The molecular formula is C27H25N5O3S. The highest BCUT2D eigenvalue weighted by atomic mass is 32.2. The number of fused-ring (bicyclic) bond motifs is 3. The molecule has 182 valence electrons. The van der Waals surface area contributed by atoms with Gasteiger partial charge < -0.3 is 15.4 Å². The van der Waals surface area contributed by atoms with Crippen molar-refractivity contribution in [3.63, 3.8) is 0 Å². The molecule has 4 aromatic rings. The van der Waals surface area contributed by atoms with E-state index in [1.54, 1.807) is 19.4 Å². The molecule has 3 heterocycles. The third kappa shape index (κ3) is 4.09. The van der Waals surface area contributed by atoms with Gasteiger partial charge in [-0.25, -0.2) is 4.68 Å². The van der Waals surface area contributed by atoms with E-state index in [9.17, 15) is 9.59 Å². The highest BCUT2D eigenvalue weighted by Crippen LogP contribution is 2.34. The number of nitrogens with zero attached hydrogens (tertiary/aromatic N) is 3. The van der Waals surface area contributed by atoms with Crippen molar-refractivity contribution in [2.24, 2.45) is 0 Å². The summed E-state index contributed by atoms with van der Waals surface area (Å²) in [5, 5.41) is 11.9. The van der Waals surface area contributed by atoms with Crippen LogP contribution in [-0.4, -0.2) is 45.5 Å². The minimum absolute atomic E-state index is 0.0105. The monoisotopic (exact) mass is 499 g/mol. The normalized spacial score (nSPS) is 16.7. The zero-order chi connectivity index (χ0) is 24.8. The molecule has 2 amide bonds. The average Bonchev–Trinajstić information content (AvgIpc) is 3.31. The van der Waals surface area contributed by atoms with Gasteiger partial charge in [-0.15, -0.1) is 11.8 Å². The quantitative estimate of drug-likeness (QED) is 0.439. The van der Waals surface area contributed by atoms with E-state index < -0.39 is 0 Å². The smallest absolute Gasteiger partial charge is 0.251 e. The third-order valence-corrected chi connectivity index (χ3v) is 7.84. The molecule has 2 aromatic heterocycles. The maximum absolute atomic E-state index is 13.2. The fraction of sp³-hybridized carbons (Fsp3) is 0.259. The number of amides is 2. The first kappa shape index (κ1) is 22.6. The molecule has 0 fully saturated rings. The van der Waals surface area contributed by atoms with Gasteiger partial charge in [-0.2, -0.15) is 5.10 Å². The third-order valence-electron chi connectivity index (χ3n) is 6.78. The summed E-state index contributed by atoms with van der Waals surface area (Å²) >= 11 is 1.50. The summed E-state index contributed by atoms with van der Waals surface area (Å²) in [6, 6.07) is 11.6. The lowest BCUT2D eigenvalue weighted by molar-refractivity contribution is -0.113. The summed E-state index contributed by atoms with van der Waals surface area (Å²) in [6.45, 7) is 1.93. The van der Waals surface area contributed by atoms with Crippen molar-refractivity contribution in [2.75, 3.05) is 18.2 Å². The first-order valence-electron chi connectivity index (χ1n) is 11.9. The summed E-state index contributed by atoms with van der Waals surface area (Å²) in [7, 11) is 1.65. The fourth-order valence-electron chi connectivity index (χ4n) is 4.92. The Labute approximate surface area is 212 Å². The van der Waals surface area contributed by atoms with Crippen LogP contribution in [-0.2, 0) is 17.6 Å². The number of aryl methyl sites for hydroxylation is 2. The molecule has 9 heteroatoms. The minimum atomic E-state index is -0.117. The summed E-state index contributed by atoms with van der Waals surface area (Å²) in [6.07, 6.45) is 6.16. The van der Waals surface area contributed by atoms with Crippen LogP contribution < -0.4 is 15.4 Å². The first-order valence-corrected chi connectivity index (χ1v) is 12.9. The van der Waals surface area contributed by atoms with Crippen molar-refractivity contribution in [1.82, 2.24) is 20.1 Å². The molecule has 0 saturated heterocycles. The number of thioether (sulfide) groups is 1. The molecule has 0 spiro atoms. The predicted molar refractivity (Wildman–Crippen MR) is 139 cm³/mol. The van der Waals surface area contributed by atoms with Crippen LogP contribution in [0.1, 0.15) is 33.6 Å². The Kier molecular flexibility index (Phi) is 5.64. The molecule has 36 heavy (non-hydrogen) atoms. The van der Waals surface area contributed by atoms with E-state index in [-0.39, 0.29) is 17.9 Å². The Morgan fingerprint density at radius 1 is 1.25 bits per heavy atom. The van der Waals surface area contributed by atoms with Crippen LogP contribution >= 0.6 is 11.8 Å². The molecule has 0 saturated carbocycles. The van der Waals surface area contributed by atoms with Crippen LogP contribution in [0.4, 0.5) is 5.69 Å². The number of anilines is 1. The largest absolute Gasteiger partial charge is 0.497 e. The molecule has 2 aromatic carbocycles. The summed E-state index contributed by atoms with van der Waals surface area (Å²) in [5.74, 6) is 1.01. The predicted octanol–water partition coefficient (Wildman–Crippen LogP) is 4.07. The van der Waals surface area contributed by atoms with Gasteiger partial charge >= 0.3 is 0 Å². The fourth-order valence-corrected chi connectivity index (χ4v) is 5.81. The second-order valence-corrected chi connectivity index (χ2v) is 10.2. The van der Waals surface area contributed by atoms with E-state index in [1.807, 2.05) is 41.9 Å². The lowest BCUT2D eigenvalue weighted by atomic mass is 9.93. The van der Waals surface area contributed by atoms with Crippen molar-refractivity contribution < 1.29 is 14.3 Å². The zero-order valence-corrected chi connectivity index (χ0v) is 20.8. The van der Waals surface area contributed by atoms with Crippen LogP contribution in [0.5, 0.6) is 5.75 Å². The SMILES string of the molecule is COc1ccc2nccc(-n3cc4c(n3)CCC(NC(=O)c3cc5c(cc3C)SCC(=O)N5)C4)c2c1.